The standard InChI is InChI=1S/C31H33FN2S/c32-30-9-7-25(8-10-30)26-11-14-33(15-12-26)19-29-20-34(21-31(29)28-13-16-35-22-28)18-23-5-6-24-3-1-2-4-27(24)17-23/h1-10,13,16-17,22,26,29,31H,11-12,14-15,18-21H2. The summed E-state index contributed by atoms with van der Waals surface area (Å²) in [6, 6.07) is 25.1. The topological polar surface area (TPSA) is 6.48 Å². The van der Waals surface area contributed by atoms with E-state index in [-0.39, 0.29) is 5.82 Å². The lowest BCUT2D eigenvalue weighted by atomic mass is 9.87. The van der Waals surface area contributed by atoms with Crippen molar-refractivity contribution in [2.75, 3.05) is 32.7 Å². The molecule has 0 spiro atoms. The third kappa shape index (κ3) is 5.20. The molecule has 0 saturated carbocycles. The molecule has 2 atom stereocenters. The predicted octanol–water partition coefficient (Wildman–Crippen LogP) is 7.14. The van der Waals surface area contributed by atoms with E-state index >= 15 is 0 Å². The van der Waals surface area contributed by atoms with Crippen LogP contribution in [-0.4, -0.2) is 42.5 Å². The summed E-state index contributed by atoms with van der Waals surface area (Å²) in [5.41, 5.74) is 4.22. The monoisotopic (exact) mass is 484 g/mol. The van der Waals surface area contributed by atoms with E-state index in [1.807, 2.05) is 23.5 Å². The fourth-order valence-electron chi connectivity index (χ4n) is 6.25. The zero-order chi connectivity index (χ0) is 23.6. The van der Waals surface area contributed by atoms with Crippen molar-refractivity contribution in [3.8, 4) is 0 Å². The first-order valence-electron chi connectivity index (χ1n) is 12.9. The maximum atomic E-state index is 13.3. The molecular formula is C31H33FN2S. The minimum atomic E-state index is -0.139. The number of fused-ring (bicyclic) bond motifs is 1. The van der Waals surface area contributed by atoms with E-state index in [2.05, 4.69) is 69.1 Å². The molecule has 0 radical (unpaired) electrons. The second kappa shape index (κ2) is 10.2. The summed E-state index contributed by atoms with van der Waals surface area (Å²) >= 11 is 1.82. The van der Waals surface area contributed by atoms with Gasteiger partial charge in [0, 0.05) is 32.1 Å². The molecule has 2 saturated heterocycles. The Kier molecular flexibility index (Phi) is 6.69. The van der Waals surface area contributed by atoms with E-state index < -0.39 is 0 Å². The molecule has 1 aromatic heterocycles. The van der Waals surface area contributed by atoms with Gasteiger partial charge in [-0.1, -0.05) is 48.5 Å². The number of rotatable bonds is 6. The first-order valence-corrected chi connectivity index (χ1v) is 13.9. The molecule has 3 aromatic carbocycles. The van der Waals surface area contributed by atoms with Crippen molar-refractivity contribution in [1.82, 2.24) is 9.80 Å². The highest BCUT2D eigenvalue weighted by molar-refractivity contribution is 7.08. The van der Waals surface area contributed by atoms with Crippen LogP contribution >= 0.6 is 11.3 Å². The van der Waals surface area contributed by atoms with Gasteiger partial charge >= 0.3 is 0 Å². The van der Waals surface area contributed by atoms with Crippen molar-refractivity contribution in [2.24, 2.45) is 5.92 Å². The van der Waals surface area contributed by atoms with Gasteiger partial charge in [0.2, 0.25) is 0 Å². The minimum absolute atomic E-state index is 0.139. The van der Waals surface area contributed by atoms with Gasteiger partial charge in [-0.05, 0) is 100 Å². The van der Waals surface area contributed by atoms with Gasteiger partial charge in [0.1, 0.15) is 5.82 Å². The molecule has 2 unspecified atom stereocenters. The number of hydrogen-bond acceptors (Lipinski definition) is 3. The van der Waals surface area contributed by atoms with Gasteiger partial charge < -0.3 is 4.90 Å². The largest absolute Gasteiger partial charge is 0.303 e. The number of piperidine rings is 1. The summed E-state index contributed by atoms with van der Waals surface area (Å²) in [7, 11) is 0. The SMILES string of the molecule is Fc1ccc(C2CCN(CC3CN(Cc4ccc5ccccc5c4)CC3c3ccsc3)CC2)cc1. The lowest BCUT2D eigenvalue weighted by molar-refractivity contribution is 0.177. The van der Waals surface area contributed by atoms with Gasteiger partial charge in [-0.2, -0.15) is 11.3 Å². The second-order valence-electron chi connectivity index (χ2n) is 10.4. The maximum absolute atomic E-state index is 13.3. The summed E-state index contributed by atoms with van der Waals surface area (Å²) in [5.74, 6) is 1.69. The van der Waals surface area contributed by atoms with E-state index in [1.165, 1.54) is 46.8 Å². The summed E-state index contributed by atoms with van der Waals surface area (Å²) < 4.78 is 13.3. The third-order valence-corrected chi connectivity index (χ3v) is 8.83. The van der Waals surface area contributed by atoms with E-state index in [1.54, 1.807) is 12.1 Å². The molecule has 0 aliphatic carbocycles. The molecular weight excluding hydrogens is 451 g/mol. The molecule has 6 rings (SSSR count). The molecule has 35 heavy (non-hydrogen) atoms. The van der Waals surface area contributed by atoms with Crippen LogP contribution in [-0.2, 0) is 6.54 Å². The Morgan fingerprint density at radius 2 is 1.60 bits per heavy atom. The van der Waals surface area contributed by atoms with Gasteiger partial charge in [0.25, 0.3) is 0 Å². The van der Waals surface area contributed by atoms with Crippen LogP contribution in [0.25, 0.3) is 10.8 Å². The average molecular weight is 485 g/mol. The second-order valence-corrected chi connectivity index (χ2v) is 11.2. The summed E-state index contributed by atoms with van der Waals surface area (Å²) in [5, 5.41) is 7.24. The van der Waals surface area contributed by atoms with Crippen LogP contribution in [0.3, 0.4) is 0 Å². The van der Waals surface area contributed by atoms with E-state index in [0.717, 1.165) is 32.7 Å². The fraction of sp³-hybridized carbons (Fsp3) is 0.355. The molecule has 2 aliphatic rings. The molecule has 0 amide bonds. The molecule has 4 aromatic rings. The zero-order valence-electron chi connectivity index (χ0n) is 20.2. The smallest absolute Gasteiger partial charge is 0.123 e. The lowest BCUT2D eigenvalue weighted by Gasteiger charge is -2.34. The number of thiophene rings is 1. The molecule has 2 aliphatic heterocycles. The number of hydrogen-bond donors (Lipinski definition) is 0. The van der Waals surface area contributed by atoms with Crippen molar-refractivity contribution in [3.63, 3.8) is 0 Å². The van der Waals surface area contributed by atoms with E-state index in [4.69, 9.17) is 0 Å². The minimum Gasteiger partial charge on any atom is -0.303 e. The van der Waals surface area contributed by atoms with Gasteiger partial charge in [0.15, 0.2) is 0 Å². The Hall–Kier alpha value is -2.53. The van der Waals surface area contributed by atoms with E-state index in [9.17, 15) is 4.39 Å². The van der Waals surface area contributed by atoms with Crippen LogP contribution < -0.4 is 0 Å². The van der Waals surface area contributed by atoms with E-state index in [0.29, 0.717) is 17.8 Å². The van der Waals surface area contributed by atoms with Crippen LogP contribution in [0.2, 0.25) is 0 Å². The quantitative estimate of drug-likeness (QED) is 0.287. The summed E-state index contributed by atoms with van der Waals surface area (Å²) in [6.07, 6.45) is 2.34. The molecule has 4 heteroatoms. The molecule has 3 heterocycles. The highest BCUT2D eigenvalue weighted by atomic mass is 32.1. The van der Waals surface area contributed by atoms with Crippen LogP contribution in [0.5, 0.6) is 0 Å². The molecule has 2 fully saturated rings. The van der Waals surface area contributed by atoms with Gasteiger partial charge in [-0.15, -0.1) is 0 Å². The summed E-state index contributed by atoms with van der Waals surface area (Å²) in [6.45, 7) is 6.77. The van der Waals surface area contributed by atoms with Gasteiger partial charge in [0.05, 0.1) is 0 Å². The summed E-state index contributed by atoms with van der Waals surface area (Å²) in [4.78, 5) is 5.35. The van der Waals surface area contributed by atoms with Crippen LogP contribution in [0, 0.1) is 11.7 Å². The Morgan fingerprint density at radius 1 is 0.800 bits per heavy atom. The van der Waals surface area contributed by atoms with Crippen LogP contribution in [0.15, 0.2) is 83.6 Å². The Bertz CT molecular complexity index is 1240. The van der Waals surface area contributed by atoms with Gasteiger partial charge in [-0.25, -0.2) is 4.39 Å². The van der Waals surface area contributed by atoms with Crippen molar-refractivity contribution in [2.45, 2.75) is 31.2 Å². The molecule has 180 valence electrons. The average Bonchev–Trinajstić information content (AvgIpc) is 3.55. The Balaban J connectivity index is 1.11. The first kappa shape index (κ1) is 22.9. The van der Waals surface area contributed by atoms with Crippen LogP contribution in [0.1, 0.15) is 41.4 Å². The van der Waals surface area contributed by atoms with Crippen LogP contribution in [0.4, 0.5) is 4.39 Å². The first-order chi connectivity index (χ1) is 17.2. The fourth-order valence-corrected chi connectivity index (χ4v) is 6.97. The highest BCUT2D eigenvalue weighted by Crippen LogP contribution is 2.37. The van der Waals surface area contributed by atoms with Crippen molar-refractivity contribution >= 4 is 22.1 Å². The van der Waals surface area contributed by atoms with Crippen molar-refractivity contribution in [3.05, 3.63) is 106 Å². The molecule has 0 N–H and O–H groups in total. The normalized spacial score (nSPS) is 22.2. The number of nitrogens with zero attached hydrogens (tertiary/aromatic N) is 2. The number of likely N-dealkylation sites (tertiary alicyclic amines) is 2. The van der Waals surface area contributed by atoms with Crippen molar-refractivity contribution < 1.29 is 4.39 Å². The zero-order valence-corrected chi connectivity index (χ0v) is 21.0. The van der Waals surface area contributed by atoms with Gasteiger partial charge in [-0.3, -0.25) is 4.90 Å². The molecule has 2 nitrogen and oxygen atoms in total. The van der Waals surface area contributed by atoms with Crippen molar-refractivity contribution in [1.29, 1.82) is 0 Å². The Morgan fingerprint density at radius 3 is 2.37 bits per heavy atom. The predicted molar refractivity (Wildman–Crippen MR) is 145 cm³/mol. The number of benzene rings is 3. The molecule has 0 bridgehead atoms. The lowest BCUT2D eigenvalue weighted by Crippen LogP contribution is -2.38. The maximum Gasteiger partial charge on any atom is 0.123 e. The number of halogens is 1. The highest BCUT2D eigenvalue weighted by Gasteiger charge is 2.35. The Labute approximate surface area is 212 Å². The third-order valence-electron chi connectivity index (χ3n) is 8.13.